The third-order valence-electron chi connectivity index (χ3n) is 3.71. The third-order valence-corrected chi connectivity index (χ3v) is 3.71. The first-order valence-corrected chi connectivity index (χ1v) is 8.36. The van der Waals surface area contributed by atoms with Gasteiger partial charge in [-0.15, -0.1) is 0 Å². The molecule has 1 aromatic carbocycles. The Morgan fingerprint density at radius 1 is 1.12 bits per heavy atom. The summed E-state index contributed by atoms with van der Waals surface area (Å²) in [5, 5.41) is 5.46. The van der Waals surface area contributed by atoms with Gasteiger partial charge in [0.1, 0.15) is 11.8 Å². The van der Waals surface area contributed by atoms with Gasteiger partial charge in [-0.3, -0.25) is 9.59 Å². The van der Waals surface area contributed by atoms with Gasteiger partial charge in [0.25, 0.3) is 5.91 Å². The van der Waals surface area contributed by atoms with Crippen LogP contribution in [0.25, 0.3) is 0 Å². The second-order valence-electron chi connectivity index (χ2n) is 6.03. The van der Waals surface area contributed by atoms with E-state index in [9.17, 15) is 9.59 Å². The van der Waals surface area contributed by atoms with Crippen molar-refractivity contribution >= 4 is 11.8 Å². The zero-order valence-corrected chi connectivity index (χ0v) is 15.2. The molecule has 0 spiro atoms. The predicted molar refractivity (Wildman–Crippen MR) is 95.8 cm³/mol. The molecule has 2 rings (SSSR count). The second kappa shape index (κ2) is 9.50. The van der Waals surface area contributed by atoms with Gasteiger partial charge in [-0.1, -0.05) is 26.0 Å². The highest BCUT2D eigenvalue weighted by molar-refractivity contribution is 5.88. The Morgan fingerprint density at radius 3 is 2.46 bits per heavy atom. The Bertz CT molecular complexity index is 712. The summed E-state index contributed by atoms with van der Waals surface area (Å²) in [6, 6.07) is 9.90. The summed E-state index contributed by atoms with van der Waals surface area (Å²) < 4.78 is 15.8. The first kappa shape index (κ1) is 19.4. The lowest BCUT2D eigenvalue weighted by Gasteiger charge is -2.21. The monoisotopic (exact) mass is 360 g/mol. The highest BCUT2D eigenvalue weighted by atomic mass is 16.5. The first-order valence-electron chi connectivity index (χ1n) is 8.36. The Kier molecular flexibility index (Phi) is 7.08. The number of amides is 2. The lowest BCUT2D eigenvalue weighted by Crippen LogP contribution is -2.50. The number of carbonyl (C=O) groups is 2. The van der Waals surface area contributed by atoms with Crippen molar-refractivity contribution in [2.75, 3.05) is 13.7 Å². The van der Waals surface area contributed by atoms with Gasteiger partial charge >= 0.3 is 0 Å². The molecule has 1 aromatic heterocycles. The van der Waals surface area contributed by atoms with Gasteiger partial charge in [0.2, 0.25) is 5.91 Å². The summed E-state index contributed by atoms with van der Waals surface area (Å²) in [5.41, 5.74) is 0. The van der Waals surface area contributed by atoms with Crippen molar-refractivity contribution in [2.24, 2.45) is 5.92 Å². The molecule has 2 amide bonds. The fourth-order valence-corrected chi connectivity index (χ4v) is 2.33. The molecule has 26 heavy (non-hydrogen) atoms. The number of nitrogens with one attached hydrogen (secondary N) is 2. The first-order chi connectivity index (χ1) is 12.5. The number of rotatable bonds is 9. The van der Waals surface area contributed by atoms with Crippen LogP contribution in [0.2, 0.25) is 0 Å². The number of hydrogen-bond donors (Lipinski definition) is 2. The zero-order chi connectivity index (χ0) is 18.9. The van der Waals surface area contributed by atoms with E-state index in [0.717, 1.165) is 0 Å². The molecule has 0 aliphatic carbocycles. The molecule has 0 radical (unpaired) electrons. The van der Waals surface area contributed by atoms with E-state index in [-0.39, 0.29) is 30.9 Å². The maximum absolute atomic E-state index is 12.4. The minimum atomic E-state index is -0.668. The summed E-state index contributed by atoms with van der Waals surface area (Å²) in [7, 11) is 1.53. The Balaban J connectivity index is 1.87. The minimum absolute atomic E-state index is 0.0817. The van der Waals surface area contributed by atoms with Gasteiger partial charge < -0.3 is 24.5 Å². The van der Waals surface area contributed by atoms with Crippen molar-refractivity contribution in [2.45, 2.75) is 26.4 Å². The maximum atomic E-state index is 12.4. The summed E-state index contributed by atoms with van der Waals surface area (Å²) in [5.74, 6) is 0.906. The molecule has 0 saturated carbocycles. The molecule has 0 bridgehead atoms. The minimum Gasteiger partial charge on any atom is -0.493 e. The molecule has 0 aliphatic heterocycles. The van der Waals surface area contributed by atoms with Crippen LogP contribution in [0.4, 0.5) is 0 Å². The lowest BCUT2D eigenvalue weighted by molar-refractivity contribution is -0.131. The fourth-order valence-electron chi connectivity index (χ4n) is 2.33. The number of para-hydroxylation sites is 2. The number of furan rings is 1. The Morgan fingerprint density at radius 2 is 1.85 bits per heavy atom. The van der Waals surface area contributed by atoms with Gasteiger partial charge in [0.05, 0.1) is 19.9 Å². The van der Waals surface area contributed by atoms with Crippen molar-refractivity contribution in [1.82, 2.24) is 10.6 Å². The van der Waals surface area contributed by atoms with E-state index in [0.29, 0.717) is 17.3 Å². The number of ether oxygens (including phenoxy) is 2. The Hall–Kier alpha value is -2.96. The molecule has 1 heterocycles. The molecule has 1 atom stereocenters. The third kappa shape index (κ3) is 5.54. The Labute approximate surface area is 152 Å². The molecule has 7 heteroatoms. The normalized spacial score (nSPS) is 11.7. The molecule has 2 aromatic rings. The molecule has 140 valence electrons. The number of carbonyl (C=O) groups excluding carboxylic acids is 2. The van der Waals surface area contributed by atoms with Crippen LogP contribution < -0.4 is 20.1 Å². The van der Waals surface area contributed by atoms with Crippen LogP contribution in [0, 0.1) is 5.92 Å². The molecule has 2 N–H and O–H groups in total. The lowest BCUT2D eigenvalue weighted by atomic mass is 10.0. The van der Waals surface area contributed by atoms with Crippen LogP contribution in [-0.2, 0) is 16.1 Å². The van der Waals surface area contributed by atoms with E-state index >= 15 is 0 Å². The van der Waals surface area contributed by atoms with E-state index in [4.69, 9.17) is 13.9 Å². The number of hydrogen-bond acceptors (Lipinski definition) is 5. The molecule has 0 saturated heterocycles. The number of benzene rings is 1. The van der Waals surface area contributed by atoms with Crippen molar-refractivity contribution in [3.63, 3.8) is 0 Å². The van der Waals surface area contributed by atoms with Crippen LogP contribution >= 0.6 is 0 Å². The van der Waals surface area contributed by atoms with Crippen LogP contribution in [0.15, 0.2) is 47.1 Å². The highest BCUT2D eigenvalue weighted by Gasteiger charge is 2.24. The van der Waals surface area contributed by atoms with Crippen molar-refractivity contribution in [3.05, 3.63) is 48.4 Å². The van der Waals surface area contributed by atoms with Gasteiger partial charge in [0, 0.05) is 0 Å². The zero-order valence-electron chi connectivity index (χ0n) is 15.2. The highest BCUT2D eigenvalue weighted by Crippen LogP contribution is 2.25. The summed E-state index contributed by atoms with van der Waals surface area (Å²) in [6.45, 7) is 3.77. The van der Waals surface area contributed by atoms with Gasteiger partial charge in [0.15, 0.2) is 18.1 Å². The van der Waals surface area contributed by atoms with Crippen LogP contribution in [-0.4, -0.2) is 31.6 Å². The van der Waals surface area contributed by atoms with E-state index < -0.39 is 6.04 Å². The van der Waals surface area contributed by atoms with Gasteiger partial charge in [-0.05, 0) is 30.2 Å². The van der Waals surface area contributed by atoms with Gasteiger partial charge in [-0.25, -0.2) is 0 Å². The van der Waals surface area contributed by atoms with E-state index in [1.165, 1.54) is 7.11 Å². The molecule has 0 aliphatic rings. The fraction of sp³-hybridized carbons (Fsp3) is 0.368. The van der Waals surface area contributed by atoms with Crippen molar-refractivity contribution in [1.29, 1.82) is 0 Å². The van der Waals surface area contributed by atoms with E-state index in [2.05, 4.69) is 10.6 Å². The van der Waals surface area contributed by atoms with Crippen LogP contribution in [0.3, 0.4) is 0 Å². The van der Waals surface area contributed by atoms with Crippen LogP contribution in [0.5, 0.6) is 11.5 Å². The maximum Gasteiger partial charge on any atom is 0.258 e. The molecular formula is C19H24N2O5. The standard InChI is InChI=1S/C19H24N2O5/c1-13(2)18(19(23)20-11-14-7-6-10-25-14)21-17(22)12-26-16-9-5-4-8-15(16)24-3/h4-10,13,18H,11-12H2,1-3H3,(H,20,23)(H,21,22)/t18-/m1/s1. The smallest absolute Gasteiger partial charge is 0.258 e. The topological polar surface area (TPSA) is 89.8 Å². The molecule has 7 nitrogen and oxygen atoms in total. The quantitative estimate of drug-likeness (QED) is 0.715. The largest absolute Gasteiger partial charge is 0.493 e. The second-order valence-corrected chi connectivity index (χ2v) is 6.03. The van der Waals surface area contributed by atoms with Crippen molar-refractivity contribution in [3.8, 4) is 11.5 Å². The predicted octanol–water partition coefficient (Wildman–Crippen LogP) is 2.12. The summed E-state index contributed by atoms with van der Waals surface area (Å²) >= 11 is 0. The molecular weight excluding hydrogens is 336 g/mol. The average molecular weight is 360 g/mol. The molecule has 0 unspecified atom stereocenters. The van der Waals surface area contributed by atoms with Gasteiger partial charge in [-0.2, -0.15) is 0 Å². The van der Waals surface area contributed by atoms with Crippen molar-refractivity contribution < 1.29 is 23.5 Å². The SMILES string of the molecule is COc1ccccc1OCC(=O)N[C@@H](C(=O)NCc1ccco1)C(C)C. The summed E-state index contributed by atoms with van der Waals surface area (Å²) in [6.07, 6.45) is 1.54. The van der Waals surface area contributed by atoms with E-state index in [1.807, 2.05) is 19.9 Å². The molecule has 0 fully saturated rings. The number of methoxy groups -OCH3 is 1. The summed E-state index contributed by atoms with van der Waals surface area (Å²) in [4.78, 5) is 24.6. The average Bonchev–Trinajstić information content (AvgIpc) is 3.16. The van der Waals surface area contributed by atoms with Crippen LogP contribution in [0.1, 0.15) is 19.6 Å². The van der Waals surface area contributed by atoms with E-state index in [1.54, 1.807) is 36.6 Å².